The first-order valence-electron chi connectivity index (χ1n) is 11.0. The van der Waals surface area contributed by atoms with Gasteiger partial charge in [-0.15, -0.1) is 0 Å². The van der Waals surface area contributed by atoms with Crippen molar-refractivity contribution in [3.8, 4) is 17.2 Å². The highest BCUT2D eigenvalue weighted by Gasteiger charge is 2.43. The van der Waals surface area contributed by atoms with Crippen LogP contribution in [0.4, 0.5) is 0 Å². The minimum Gasteiger partial charge on any atom is -0.494 e. The minimum absolute atomic E-state index is 0.167. The first-order chi connectivity index (χ1) is 15.9. The molecule has 0 amide bonds. The van der Waals surface area contributed by atoms with Crippen LogP contribution in [0.2, 0.25) is 5.02 Å². The highest BCUT2D eigenvalue weighted by Crippen LogP contribution is 2.44. The number of fused-ring (bicyclic) bond motifs is 1. The van der Waals surface area contributed by atoms with Crippen molar-refractivity contribution in [1.82, 2.24) is 0 Å². The molecule has 33 heavy (non-hydrogen) atoms. The van der Waals surface area contributed by atoms with Gasteiger partial charge in [0.05, 0.1) is 24.3 Å². The van der Waals surface area contributed by atoms with Crippen LogP contribution in [0.15, 0.2) is 30.3 Å². The quantitative estimate of drug-likeness (QED) is 0.471. The van der Waals surface area contributed by atoms with Gasteiger partial charge in [-0.3, -0.25) is 0 Å². The molecule has 2 aliphatic heterocycles. The molecule has 1 saturated heterocycles. The van der Waals surface area contributed by atoms with Crippen LogP contribution in [0.3, 0.4) is 0 Å². The summed E-state index contributed by atoms with van der Waals surface area (Å²) in [4.78, 5) is 0. The minimum atomic E-state index is -1.44. The van der Waals surface area contributed by atoms with Crippen molar-refractivity contribution in [3.63, 3.8) is 0 Å². The maximum Gasteiger partial charge on any atom is 0.180 e. The van der Waals surface area contributed by atoms with Crippen molar-refractivity contribution in [1.29, 1.82) is 0 Å². The zero-order valence-electron chi connectivity index (χ0n) is 18.3. The Kier molecular flexibility index (Phi) is 7.63. The molecule has 5 atom stereocenters. The second-order valence-electron chi connectivity index (χ2n) is 8.19. The number of halogens is 1. The molecule has 180 valence electrons. The molecule has 0 saturated carbocycles. The molecule has 9 heteroatoms. The Morgan fingerprint density at radius 2 is 1.61 bits per heavy atom. The smallest absolute Gasteiger partial charge is 0.180 e. The molecular weight excluding hydrogens is 452 g/mol. The van der Waals surface area contributed by atoms with Crippen LogP contribution in [0.5, 0.6) is 17.2 Å². The molecule has 4 rings (SSSR count). The zero-order chi connectivity index (χ0) is 23.5. The van der Waals surface area contributed by atoms with E-state index < -0.39 is 37.1 Å². The Labute approximate surface area is 197 Å². The fraction of sp³-hybridized carbons (Fsp3) is 0.500. The van der Waals surface area contributed by atoms with E-state index in [-0.39, 0.29) is 6.42 Å². The summed E-state index contributed by atoms with van der Waals surface area (Å²) < 4.78 is 22.8. The second-order valence-corrected chi connectivity index (χ2v) is 8.57. The summed E-state index contributed by atoms with van der Waals surface area (Å²) in [6.07, 6.45) is -5.33. The summed E-state index contributed by atoms with van der Waals surface area (Å²) in [6.45, 7) is 2.75. The van der Waals surface area contributed by atoms with Crippen LogP contribution in [0.25, 0.3) is 0 Å². The van der Waals surface area contributed by atoms with Gasteiger partial charge < -0.3 is 39.4 Å². The third-order valence-electron chi connectivity index (χ3n) is 5.94. The molecule has 8 nitrogen and oxygen atoms in total. The van der Waals surface area contributed by atoms with Gasteiger partial charge in [0, 0.05) is 12.0 Å². The third kappa shape index (κ3) is 5.06. The standard InChI is InChI=1S/C24H29ClO8/c1-2-30-16-5-3-13(4-6-16)9-14-10-15(23-24(19(14)25)32-8-7-31-23)11-17-20(27)22(29)21(28)18(12-26)33-17/h3-6,10,17-18,20-22,26-29H,2,7-9,11-12H2,1H3/t17?,18?,20-,21+,22+/m0/s1. The second kappa shape index (κ2) is 10.5. The van der Waals surface area contributed by atoms with E-state index in [1.165, 1.54) is 0 Å². The lowest BCUT2D eigenvalue weighted by Crippen LogP contribution is -2.59. The van der Waals surface area contributed by atoms with Gasteiger partial charge in [0.25, 0.3) is 0 Å². The predicted octanol–water partition coefficient (Wildman–Crippen LogP) is 1.49. The SMILES string of the molecule is CCOc1ccc(Cc2cc(CC3OC(CO)[C@@H](O)[C@H](O)[C@H]3O)c3c(c2Cl)OCCO3)cc1. The third-order valence-corrected chi connectivity index (χ3v) is 6.36. The van der Waals surface area contributed by atoms with Gasteiger partial charge in [-0.05, 0) is 42.7 Å². The summed E-state index contributed by atoms with van der Waals surface area (Å²) in [5.41, 5.74) is 2.53. The molecule has 2 unspecified atom stereocenters. The Morgan fingerprint density at radius 1 is 0.939 bits per heavy atom. The van der Waals surface area contributed by atoms with Crippen molar-refractivity contribution >= 4 is 11.6 Å². The van der Waals surface area contributed by atoms with Crippen molar-refractivity contribution < 1.29 is 39.4 Å². The van der Waals surface area contributed by atoms with E-state index in [0.717, 1.165) is 16.9 Å². The average molecular weight is 481 g/mol. The van der Waals surface area contributed by atoms with E-state index in [9.17, 15) is 20.4 Å². The van der Waals surface area contributed by atoms with Crippen LogP contribution in [-0.4, -0.2) is 77.4 Å². The van der Waals surface area contributed by atoms with Crippen molar-refractivity contribution in [2.75, 3.05) is 26.4 Å². The number of aliphatic hydroxyl groups is 4. The first kappa shape index (κ1) is 24.1. The van der Waals surface area contributed by atoms with Gasteiger partial charge in [0.1, 0.15) is 43.4 Å². The van der Waals surface area contributed by atoms with E-state index in [4.69, 9.17) is 30.5 Å². The predicted molar refractivity (Wildman–Crippen MR) is 120 cm³/mol. The van der Waals surface area contributed by atoms with Crippen molar-refractivity contribution in [2.24, 2.45) is 0 Å². The number of aliphatic hydroxyl groups excluding tert-OH is 4. The molecule has 0 aromatic heterocycles. The largest absolute Gasteiger partial charge is 0.494 e. The number of benzene rings is 2. The first-order valence-corrected chi connectivity index (χ1v) is 11.4. The molecule has 0 radical (unpaired) electrons. The van der Waals surface area contributed by atoms with Gasteiger partial charge in [-0.25, -0.2) is 0 Å². The lowest BCUT2D eigenvalue weighted by molar-refractivity contribution is -0.228. The van der Waals surface area contributed by atoms with E-state index >= 15 is 0 Å². The molecule has 4 N–H and O–H groups in total. The molecular formula is C24H29ClO8. The fourth-order valence-electron chi connectivity index (χ4n) is 4.24. The molecule has 1 fully saturated rings. The van der Waals surface area contributed by atoms with Crippen LogP contribution >= 0.6 is 11.6 Å². The normalized spacial score (nSPS) is 26.8. The number of hydrogen-bond donors (Lipinski definition) is 4. The number of hydrogen-bond acceptors (Lipinski definition) is 8. The average Bonchev–Trinajstić information content (AvgIpc) is 2.83. The monoisotopic (exact) mass is 480 g/mol. The summed E-state index contributed by atoms with van der Waals surface area (Å²) in [7, 11) is 0. The topological polar surface area (TPSA) is 118 Å². The lowest BCUT2D eigenvalue weighted by Gasteiger charge is -2.40. The van der Waals surface area contributed by atoms with E-state index in [1.807, 2.05) is 37.3 Å². The Morgan fingerprint density at radius 3 is 2.27 bits per heavy atom. The summed E-state index contributed by atoms with van der Waals surface area (Å²) >= 11 is 6.67. The van der Waals surface area contributed by atoms with Crippen LogP contribution in [-0.2, 0) is 17.6 Å². The molecule has 2 aromatic carbocycles. The zero-order valence-corrected chi connectivity index (χ0v) is 19.1. The summed E-state index contributed by atoms with van der Waals surface area (Å²) in [5.74, 6) is 1.70. The van der Waals surface area contributed by atoms with Gasteiger partial charge in [0.15, 0.2) is 11.5 Å². The van der Waals surface area contributed by atoms with Crippen LogP contribution in [0.1, 0.15) is 23.6 Å². The molecule has 2 aromatic rings. The van der Waals surface area contributed by atoms with Crippen molar-refractivity contribution in [2.45, 2.75) is 50.3 Å². The summed E-state index contributed by atoms with van der Waals surface area (Å²) in [5, 5.41) is 40.7. The fourth-order valence-corrected chi connectivity index (χ4v) is 4.50. The molecule has 0 bridgehead atoms. The number of rotatable bonds is 7. The Balaban J connectivity index is 1.63. The molecule has 0 spiro atoms. The summed E-state index contributed by atoms with van der Waals surface area (Å²) in [6, 6.07) is 9.62. The Hall–Kier alpha value is -2.07. The van der Waals surface area contributed by atoms with Crippen LogP contribution in [0, 0.1) is 0 Å². The maximum absolute atomic E-state index is 10.5. The van der Waals surface area contributed by atoms with Crippen LogP contribution < -0.4 is 14.2 Å². The van der Waals surface area contributed by atoms with E-state index in [0.29, 0.717) is 48.3 Å². The van der Waals surface area contributed by atoms with E-state index in [2.05, 4.69) is 0 Å². The highest BCUT2D eigenvalue weighted by molar-refractivity contribution is 6.33. The van der Waals surface area contributed by atoms with Gasteiger partial charge in [-0.2, -0.15) is 0 Å². The van der Waals surface area contributed by atoms with Gasteiger partial charge in [-0.1, -0.05) is 23.7 Å². The van der Waals surface area contributed by atoms with E-state index in [1.54, 1.807) is 0 Å². The highest BCUT2D eigenvalue weighted by atomic mass is 35.5. The number of ether oxygens (including phenoxy) is 4. The molecule has 2 aliphatic rings. The molecule has 0 aliphatic carbocycles. The van der Waals surface area contributed by atoms with Gasteiger partial charge in [0.2, 0.25) is 0 Å². The molecule has 2 heterocycles. The lowest BCUT2D eigenvalue weighted by atomic mass is 9.90. The van der Waals surface area contributed by atoms with Gasteiger partial charge >= 0.3 is 0 Å². The van der Waals surface area contributed by atoms with Crippen molar-refractivity contribution in [3.05, 3.63) is 52.0 Å². The Bertz CT molecular complexity index is 948. The maximum atomic E-state index is 10.5.